The highest BCUT2D eigenvalue weighted by Gasteiger charge is 2.15. The molecule has 0 aromatic carbocycles. The fraction of sp³-hybridized carbons (Fsp3) is 0.750. The fourth-order valence-electron chi connectivity index (χ4n) is 2.58. The quantitative estimate of drug-likeness (QED) is 0.633. The highest BCUT2D eigenvalue weighted by molar-refractivity contribution is 7.16. The normalized spacial score (nSPS) is 12.0. The molecule has 0 aliphatic carbocycles. The van der Waals surface area contributed by atoms with Crippen LogP contribution < -0.4 is 5.32 Å². The Labute approximate surface area is 133 Å². The van der Waals surface area contributed by atoms with Crippen LogP contribution in [0.15, 0.2) is 12.1 Å². The van der Waals surface area contributed by atoms with Gasteiger partial charge in [-0.15, -0.1) is 11.3 Å². The second-order valence-corrected chi connectivity index (χ2v) is 7.54. The molecule has 0 fully saturated rings. The van der Waals surface area contributed by atoms with E-state index in [2.05, 4.69) is 44.0 Å². The lowest BCUT2D eigenvalue weighted by atomic mass is 10.1. The third kappa shape index (κ3) is 6.57. The second-order valence-electron chi connectivity index (χ2n) is 5.74. The van der Waals surface area contributed by atoms with Crippen molar-refractivity contribution in [1.29, 1.82) is 0 Å². The lowest BCUT2D eigenvalue weighted by molar-refractivity contribution is 0.166. The van der Waals surface area contributed by atoms with Crippen LogP contribution in [0, 0.1) is 5.92 Å². The Morgan fingerprint density at radius 1 is 1.25 bits per heavy atom. The smallest absolute Gasteiger partial charge is 0.0931 e. The SMILES string of the molecule is CCC(CC)N(CCNCc1ccc(Cl)s1)CC(C)C. The largest absolute Gasteiger partial charge is 0.311 e. The van der Waals surface area contributed by atoms with Crippen LogP contribution in [0.25, 0.3) is 0 Å². The van der Waals surface area contributed by atoms with E-state index in [1.54, 1.807) is 11.3 Å². The van der Waals surface area contributed by atoms with Crippen molar-refractivity contribution in [2.45, 2.75) is 53.1 Å². The predicted octanol–water partition coefficient (Wildman–Crippen LogP) is 4.64. The van der Waals surface area contributed by atoms with E-state index in [0.717, 1.165) is 35.9 Å². The first-order chi connectivity index (χ1) is 9.56. The summed E-state index contributed by atoms with van der Waals surface area (Å²) in [5, 5.41) is 3.53. The third-order valence-electron chi connectivity index (χ3n) is 3.56. The van der Waals surface area contributed by atoms with Crippen molar-refractivity contribution in [2.75, 3.05) is 19.6 Å². The van der Waals surface area contributed by atoms with Gasteiger partial charge in [-0.25, -0.2) is 0 Å². The topological polar surface area (TPSA) is 15.3 Å². The van der Waals surface area contributed by atoms with Gasteiger partial charge in [0.05, 0.1) is 4.34 Å². The average molecular weight is 317 g/mol. The number of hydrogen-bond donors (Lipinski definition) is 1. The fourth-order valence-corrected chi connectivity index (χ4v) is 3.64. The molecule has 2 nitrogen and oxygen atoms in total. The minimum absolute atomic E-state index is 0.718. The number of nitrogens with one attached hydrogen (secondary N) is 1. The molecular weight excluding hydrogens is 288 g/mol. The van der Waals surface area contributed by atoms with Gasteiger partial charge in [-0.2, -0.15) is 0 Å². The van der Waals surface area contributed by atoms with E-state index in [9.17, 15) is 0 Å². The predicted molar refractivity (Wildman–Crippen MR) is 91.8 cm³/mol. The van der Waals surface area contributed by atoms with Gasteiger partial charge < -0.3 is 5.32 Å². The lowest BCUT2D eigenvalue weighted by Gasteiger charge is -2.32. The summed E-state index contributed by atoms with van der Waals surface area (Å²) in [5.41, 5.74) is 0. The van der Waals surface area contributed by atoms with E-state index < -0.39 is 0 Å². The van der Waals surface area contributed by atoms with Gasteiger partial charge in [-0.1, -0.05) is 39.3 Å². The molecule has 0 bridgehead atoms. The summed E-state index contributed by atoms with van der Waals surface area (Å²) in [6.45, 7) is 13.5. The van der Waals surface area contributed by atoms with E-state index in [0.29, 0.717) is 0 Å². The molecule has 0 unspecified atom stereocenters. The first kappa shape index (κ1) is 18.0. The van der Waals surface area contributed by atoms with Crippen LogP contribution in [-0.2, 0) is 6.54 Å². The zero-order valence-electron chi connectivity index (χ0n) is 13.3. The van der Waals surface area contributed by atoms with Crippen LogP contribution >= 0.6 is 22.9 Å². The zero-order valence-corrected chi connectivity index (χ0v) is 14.9. The van der Waals surface area contributed by atoms with Gasteiger partial charge in [0.25, 0.3) is 0 Å². The van der Waals surface area contributed by atoms with Crippen LogP contribution in [0.5, 0.6) is 0 Å². The molecule has 0 saturated carbocycles. The van der Waals surface area contributed by atoms with Crippen molar-refractivity contribution in [3.63, 3.8) is 0 Å². The van der Waals surface area contributed by atoms with Gasteiger partial charge in [-0.3, -0.25) is 4.90 Å². The van der Waals surface area contributed by atoms with Crippen LogP contribution in [0.1, 0.15) is 45.4 Å². The molecule has 1 aromatic rings. The number of halogens is 1. The van der Waals surface area contributed by atoms with Crippen LogP contribution in [0.4, 0.5) is 0 Å². The Balaban J connectivity index is 2.33. The molecule has 0 aliphatic rings. The lowest BCUT2D eigenvalue weighted by Crippen LogP contribution is -2.41. The molecular formula is C16H29ClN2S. The van der Waals surface area contributed by atoms with Crippen molar-refractivity contribution < 1.29 is 0 Å². The van der Waals surface area contributed by atoms with E-state index >= 15 is 0 Å². The highest BCUT2D eigenvalue weighted by Crippen LogP contribution is 2.20. The molecule has 0 amide bonds. The molecule has 1 N–H and O–H groups in total. The Bertz CT molecular complexity index is 361. The van der Waals surface area contributed by atoms with Gasteiger partial charge in [0.1, 0.15) is 0 Å². The summed E-state index contributed by atoms with van der Waals surface area (Å²) < 4.78 is 0.875. The average Bonchev–Trinajstić information content (AvgIpc) is 2.81. The molecule has 0 spiro atoms. The van der Waals surface area contributed by atoms with Crippen LogP contribution in [0.2, 0.25) is 4.34 Å². The van der Waals surface area contributed by atoms with E-state index in [1.807, 2.05) is 6.07 Å². The Morgan fingerprint density at radius 2 is 1.95 bits per heavy atom. The minimum Gasteiger partial charge on any atom is -0.311 e. The molecule has 116 valence electrons. The van der Waals surface area contributed by atoms with Crippen LogP contribution in [-0.4, -0.2) is 30.6 Å². The summed E-state index contributed by atoms with van der Waals surface area (Å²) in [6.07, 6.45) is 2.48. The van der Waals surface area contributed by atoms with Crippen molar-refractivity contribution in [3.05, 3.63) is 21.3 Å². The minimum atomic E-state index is 0.718. The van der Waals surface area contributed by atoms with Crippen LogP contribution in [0.3, 0.4) is 0 Å². The molecule has 1 heterocycles. The zero-order chi connectivity index (χ0) is 15.0. The molecule has 0 atom stereocenters. The number of hydrogen-bond acceptors (Lipinski definition) is 3. The maximum Gasteiger partial charge on any atom is 0.0931 e. The Hall–Kier alpha value is -0.0900. The van der Waals surface area contributed by atoms with E-state index in [4.69, 9.17) is 11.6 Å². The van der Waals surface area contributed by atoms with Gasteiger partial charge >= 0.3 is 0 Å². The second kappa shape index (κ2) is 9.78. The van der Waals surface area contributed by atoms with Gasteiger partial charge in [-0.05, 0) is 30.9 Å². The summed E-state index contributed by atoms with van der Waals surface area (Å²) >= 11 is 7.60. The molecule has 0 aliphatic heterocycles. The summed E-state index contributed by atoms with van der Waals surface area (Å²) in [6, 6.07) is 4.79. The molecule has 4 heteroatoms. The van der Waals surface area contributed by atoms with E-state index in [-0.39, 0.29) is 0 Å². The van der Waals surface area contributed by atoms with Crippen molar-refractivity contribution >= 4 is 22.9 Å². The Kier molecular flexibility index (Phi) is 8.78. The van der Waals surface area contributed by atoms with Crippen molar-refractivity contribution in [1.82, 2.24) is 10.2 Å². The van der Waals surface area contributed by atoms with Gasteiger partial charge in [0.2, 0.25) is 0 Å². The first-order valence-corrected chi connectivity index (χ1v) is 8.95. The van der Waals surface area contributed by atoms with Gasteiger partial charge in [0.15, 0.2) is 0 Å². The van der Waals surface area contributed by atoms with E-state index in [1.165, 1.54) is 24.3 Å². The third-order valence-corrected chi connectivity index (χ3v) is 4.79. The van der Waals surface area contributed by atoms with Crippen molar-refractivity contribution in [3.8, 4) is 0 Å². The number of thiophene rings is 1. The summed E-state index contributed by atoms with van der Waals surface area (Å²) in [7, 11) is 0. The molecule has 0 radical (unpaired) electrons. The number of nitrogens with zero attached hydrogens (tertiary/aromatic N) is 1. The molecule has 1 rings (SSSR count). The molecule has 0 saturated heterocycles. The first-order valence-electron chi connectivity index (χ1n) is 7.75. The van der Waals surface area contributed by atoms with Crippen molar-refractivity contribution in [2.24, 2.45) is 5.92 Å². The molecule has 1 aromatic heterocycles. The molecule has 20 heavy (non-hydrogen) atoms. The monoisotopic (exact) mass is 316 g/mol. The number of rotatable bonds is 10. The maximum atomic E-state index is 5.94. The van der Waals surface area contributed by atoms with Gasteiger partial charge in [0, 0.05) is 37.1 Å². The maximum absolute atomic E-state index is 5.94. The summed E-state index contributed by atoms with van der Waals surface area (Å²) in [5.74, 6) is 0.728. The standard InChI is InChI=1S/C16H29ClN2S/c1-5-14(6-2)19(12-13(3)4)10-9-18-11-15-7-8-16(17)20-15/h7-8,13-14,18H,5-6,9-12H2,1-4H3. The summed E-state index contributed by atoms with van der Waals surface area (Å²) in [4.78, 5) is 3.95. The Morgan fingerprint density at radius 3 is 2.45 bits per heavy atom. The highest BCUT2D eigenvalue weighted by atomic mass is 35.5.